The van der Waals surface area contributed by atoms with E-state index in [1.165, 1.54) is 64.3 Å². The normalized spacial score (nSPS) is 17.4. The van der Waals surface area contributed by atoms with E-state index < -0.39 is 0 Å². The molecule has 114 valence electrons. The Morgan fingerprint density at radius 2 is 1.74 bits per heavy atom. The lowest BCUT2D eigenvalue weighted by atomic mass is 10.0. The van der Waals surface area contributed by atoms with Gasteiger partial charge < -0.3 is 5.73 Å². The zero-order chi connectivity index (χ0) is 14.1. The molecule has 0 saturated heterocycles. The van der Waals surface area contributed by atoms with Crippen LogP contribution in [0.3, 0.4) is 0 Å². The van der Waals surface area contributed by atoms with E-state index in [1.54, 1.807) is 0 Å². The SMILES string of the molecule is CCCCCCCC(CN)N(CCC(C)C)C1CC1. The Morgan fingerprint density at radius 3 is 2.26 bits per heavy atom. The van der Waals surface area contributed by atoms with Crippen molar-refractivity contribution in [2.75, 3.05) is 13.1 Å². The fraction of sp³-hybridized carbons (Fsp3) is 1.00. The second-order valence-corrected chi connectivity index (χ2v) is 6.74. The summed E-state index contributed by atoms with van der Waals surface area (Å²) < 4.78 is 0. The van der Waals surface area contributed by atoms with E-state index in [0.717, 1.165) is 18.5 Å². The van der Waals surface area contributed by atoms with Gasteiger partial charge in [-0.25, -0.2) is 0 Å². The van der Waals surface area contributed by atoms with Crippen LogP contribution in [0.25, 0.3) is 0 Å². The number of hydrogen-bond donors (Lipinski definition) is 1. The smallest absolute Gasteiger partial charge is 0.0221 e. The molecule has 1 rings (SSSR count). The fourth-order valence-corrected chi connectivity index (χ4v) is 2.88. The van der Waals surface area contributed by atoms with Crippen molar-refractivity contribution >= 4 is 0 Å². The van der Waals surface area contributed by atoms with Crippen molar-refractivity contribution in [3.8, 4) is 0 Å². The number of hydrogen-bond acceptors (Lipinski definition) is 2. The van der Waals surface area contributed by atoms with Crippen LogP contribution in [-0.2, 0) is 0 Å². The van der Waals surface area contributed by atoms with E-state index in [0.29, 0.717) is 6.04 Å². The molecule has 0 aromatic heterocycles. The molecule has 2 N–H and O–H groups in total. The lowest BCUT2D eigenvalue weighted by molar-refractivity contribution is 0.168. The van der Waals surface area contributed by atoms with Crippen LogP contribution in [0.5, 0.6) is 0 Å². The van der Waals surface area contributed by atoms with Crippen molar-refractivity contribution in [3.63, 3.8) is 0 Å². The molecule has 1 aliphatic carbocycles. The van der Waals surface area contributed by atoms with Crippen molar-refractivity contribution in [1.82, 2.24) is 4.90 Å². The van der Waals surface area contributed by atoms with Crippen LogP contribution in [0.4, 0.5) is 0 Å². The van der Waals surface area contributed by atoms with Gasteiger partial charge in [0, 0.05) is 18.6 Å². The van der Waals surface area contributed by atoms with E-state index in [-0.39, 0.29) is 0 Å². The summed E-state index contributed by atoms with van der Waals surface area (Å²) in [5, 5.41) is 0. The first-order valence-electron chi connectivity index (χ1n) is 8.64. The summed E-state index contributed by atoms with van der Waals surface area (Å²) in [7, 11) is 0. The fourth-order valence-electron chi connectivity index (χ4n) is 2.88. The van der Waals surface area contributed by atoms with Gasteiger partial charge in [0.2, 0.25) is 0 Å². The number of unbranched alkanes of at least 4 members (excludes halogenated alkanes) is 4. The van der Waals surface area contributed by atoms with Crippen molar-refractivity contribution in [2.45, 2.75) is 90.6 Å². The van der Waals surface area contributed by atoms with Crippen LogP contribution in [-0.4, -0.2) is 30.1 Å². The molecule has 19 heavy (non-hydrogen) atoms. The Balaban J connectivity index is 2.27. The molecule has 1 saturated carbocycles. The number of nitrogens with zero attached hydrogens (tertiary/aromatic N) is 1. The maximum Gasteiger partial charge on any atom is 0.0221 e. The molecule has 2 nitrogen and oxygen atoms in total. The first-order valence-corrected chi connectivity index (χ1v) is 8.64. The minimum absolute atomic E-state index is 0.646. The van der Waals surface area contributed by atoms with E-state index in [1.807, 2.05) is 0 Å². The first-order chi connectivity index (χ1) is 9.19. The van der Waals surface area contributed by atoms with Gasteiger partial charge in [0.15, 0.2) is 0 Å². The van der Waals surface area contributed by atoms with Gasteiger partial charge in [-0.1, -0.05) is 52.9 Å². The molecule has 0 aliphatic heterocycles. The lowest BCUT2D eigenvalue weighted by Gasteiger charge is -2.31. The Morgan fingerprint density at radius 1 is 1.05 bits per heavy atom. The highest BCUT2D eigenvalue weighted by atomic mass is 15.2. The van der Waals surface area contributed by atoms with Gasteiger partial charge in [-0.2, -0.15) is 0 Å². The summed E-state index contributed by atoms with van der Waals surface area (Å²) >= 11 is 0. The average molecular weight is 268 g/mol. The van der Waals surface area contributed by atoms with Gasteiger partial charge in [0.25, 0.3) is 0 Å². The quantitative estimate of drug-likeness (QED) is 0.538. The summed E-state index contributed by atoms with van der Waals surface area (Å²) in [5.74, 6) is 0.809. The van der Waals surface area contributed by atoms with Crippen molar-refractivity contribution in [2.24, 2.45) is 11.7 Å². The maximum absolute atomic E-state index is 6.04. The third kappa shape index (κ3) is 7.31. The molecule has 0 aromatic rings. The highest BCUT2D eigenvalue weighted by Crippen LogP contribution is 2.30. The minimum Gasteiger partial charge on any atom is -0.329 e. The second-order valence-electron chi connectivity index (χ2n) is 6.74. The molecule has 0 amide bonds. The zero-order valence-electron chi connectivity index (χ0n) is 13.5. The molecule has 2 heteroatoms. The third-order valence-electron chi connectivity index (χ3n) is 4.36. The van der Waals surface area contributed by atoms with Crippen LogP contribution in [0.1, 0.15) is 78.6 Å². The molecule has 0 spiro atoms. The van der Waals surface area contributed by atoms with Crippen molar-refractivity contribution in [3.05, 3.63) is 0 Å². The zero-order valence-corrected chi connectivity index (χ0v) is 13.5. The molecule has 0 radical (unpaired) electrons. The van der Waals surface area contributed by atoms with Gasteiger partial charge in [-0.05, 0) is 38.1 Å². The summed E-state index contributed by atoms with van der Waals surface area (Å²) in [6.45, 7) is 9.05. The Kier molecular flexibility index (Phi) is 8.72. The molecular weight excluding hydrogens is 232 g/mol. The second kappa shape index (κ2) is 9.77. The lowest BCUT2D eigenvalue weighted by Crippen LogP contribution is -2.43. The Hall–Kier alpha value is -0.0800. The molecule has 0 aromatic carbocycles. The largest absolute Gasteiger partial charge is 0.329 e. The van der Waals surface area contributed by atoms with Crippen LogP contribution in [0.15, 0.2) is 0 Å². The van der Waals surface area contributed by atoms with Crippen LogP contribution < -0.4 is 5.73 Å². The standard InChI is InChI=1S/C17H36N2/c1-4-5-6-7-8-9-17(14-18)19(16-10-11-16)13-12-15(2)3/h15-17H,4-14,18H2,1-3H3. The summed E-state index contributed by atoms with van der Waals surface area (Å²) in [4.78, 5) is 2.74. The Bertz CT molecular complexity index is 211. The predicted octanol–water partition coefficient (Wildman–Crippen LogP) is 4.18. The van der Waals surface area contributed by atoms with Crippen molar-refractivity contribution in [1.29, 1.82) is 0 Å². The summed E-state index contributed by atoms with van der Waals surface area (Å²) in [5.41, 5.74) is 6.04. The van der Waals surface area contributed by atoms with E-state index >= 15 is 0 Å². The van der Waals surface area contributed by atoms with E-state index in [9.17, 15) is 0 Å². The number of rotatable bonds is 12. The molecule has 1 unspecified atom stereocenters. The summed E-state index contributed by atoms with van der Waals surface area (Å²) in [6, 6.07) is 1.51. The monoisotopic (exact) mass is 268 g/mol. The molecule has 1 atom stereocenters. The van der Waals surface area contributed by atoms with Gasteiger partial charge >= 0.3 is 0 Å². The summed E-state index contributed by atoms with van der Waals surface area (Å²) in [6.07, 6.45) is 12.4. The minimum atomic E-state index is 0.646. The van der Waals surface area contributed by atoms with Gasteiger partial charge in [0.05, 0.1) is 0 Å². The highest BCUT2D eigenvalue weighted by Gasteiger charge is 2.32. The molecule has 0 bridgehead atoms. The van der Waals surface area contributed by atoms with Crippen LogP contribution >= 0.6 is 0 Å². The molecule has 1 fully saturated rings. The first kappa shape index (κ1) is 17.0. The van der Waals surface area contributed by atoms with Crippen molar-refractivity contribution < 1.29 is 0 Å². The van der Waals surface area contributed by atoms with Gasteiger partial charge in [0.1, 0.15) is 0 Å². The van der Waals surface area contributed by atoms with Gasteiger partial charge in [-0.3, -0.25) is 4.90 Å². The van der Waals surface area contributed by atoms with E-state index in [4.69, 9.17) is 5.73 Å². The molecule has 0 heterocycles. The number of nitrogens with two attached hydrogens (primary N) is 1. The average Bonchev–Trinajstić information content (AvgIpc) is 3.20. The molecule has 1 aliphatic rings. The topological polar surface area (TPSA) is 29.3 Å². The Labute approximate surface area is 121 Å². The third-order valence-corrected chi connectivity index (χ3v) is 4.36. The predicted molar refractivity (Wildman–Crippen MR) is 85.4 cm³/mol. The molecular formula is C17H36N2. The van der Waals surface area contributed by atoms with Gasteiger partial charge in [-0.15, -0.1) is 0 Å². The highest BCUT2D eigenvalue weighted by molar-refractivity contribution is 4.89. The van der Waals surface area contributed by atoms with E-state index in [2.05, 4.69) is 25.7 Å². The van der Waals surface area contributed by atoms with Crippen LogP contribution in [0, 0.1) is 5.92 Å². The van der Waals surface area contributed by atoms with Crippen LogP contribution in [0.2, 0.25) is 0 Å². The maximum atomic E-state index is 6.04.